The van der Waals surface area contributed by atoms with Gasteiger partial charge in [0.15, 0.2) is 0 Å². The van der Waals surface area contributed by atoms with Gasteiger partial charge in [-0.05, 0) is 0 Å². The third kappa shape index (κ3) is 10.7. The van der Waals surface area contributed by atoms with Crippen LogP contribution in [0.15, 0.2) is 0 Å². The molecule has 0 radical (unpaired) electrons. The molecule has 1 atom stereocenters. The predicted octanol–water partition coefficient (Wildman–Crippen LogP) is 0.0449. The van der Waals surface area contributed by atoms with Crippen molar-refractivity contribution in [2.24, 2.45) is 5.73 Å². The molecule has 0 fully saturated rings. The molecule has 0 aromatic rings. The molecular weight excluding hydrogens is 120 g/mol. The lowest BCUT2D eigenvalue weighted by molar-refractivity contribution is 0.161. The second-order valence-corrected chi connectivity index (χ2v) is 1.05. The number of hydrogen-bond acceptors (Lipinski definition) is 2. The minimum absolute atomic E-state index is 0. The summed E-state index contributed by atoms with van der Waals surface area (Å²) in [6.45, 7) is -0.544. The zero-order valence-electron chi connectivity index (χ0n) is 3.80. The molecule has 0 spiro atoms. The van der Waals surface area contributed by atoms with E-state index in [1.54, 1.807) is 0 Å². The maximum absolute atomic E-state index is 11.0. The molecule has 0 rings (SSSR count). The van der Waals surface area contributed by atoms with Gasteiger partial charge in [-0.1, -0.05) is 0 Å². The van der Waals surface area contributed by atoms with E-state index in [-0.39, 0.29) is 18.8 Å². The summed E-state index contributed by atoms with van der Waals surface area (Å²) in [7, 11) is 0. The summed E-state index contributed by atoms with van der Waals surface area (Å²) < 4.78 is 11.0. The Morgan fingerprint density at radius 3 is 2.14 bits per heavy atom. The van der Waals surface area contributed by atoms with Crippen LogP contribution < -0.4 is 5.73 Å². The Morgan fingerprint density at radius 2 is 2.14 bits per heavy atom. The summed E-state index contributed by atoms with van der Waals surface area (Å²) >= 11 is 0. The van der Waals surface area contributed by atoms with Crippen molar-refractivity contribution in [1.82, 2.24) is 0 Å². The maximum atomic E-state index is 11.0. The number of halogens is 2. The van der Waals surface area contributed by atoms with E-state index in [1.165, 1.54) is 0 Å². The Kier molecular flexibility index (Phi) is 8.94. The summed E-state index contributed by atoms with van der Waals surface area (Å²) in [6, 6.07) is 0. The number of alkyl halides is 1. The Balaban J connectivity index is 0. The number of aliphatic hydroxyl groups excluding tert-OH is 1. The molecule has 0 heterocycles. The van der Waals surface area contributed by atoms with Gasteiger partial charge in [0.25, 0.3) is 0 Å². The van der Waals surface area contributed by atoms with Crippen molar-refractivity contribution >= 4 is 12.4 Å². The number of nitrogens with two attached hydrogens (primary N) is 1. The zero-order valence-corrected chi connectivity index (χ0v) is 4.62. The minimum Gasteiger partial charge on any atom is -0.379 e. The molecule has 3 N–H and O–H groups in total. The molecule has 0 aliphatic carbocycles. The monoisotopic (exact) mass is 129 g/mol. The van der Waals surface area contributed by atoms with Crippen LogP contribution >= 0.6 is 12.4 Å². The molecule has 0 bridgehead atoms. The van der Waals surface area contributed by atoms with E-state index >= 15 is 0 Å². The average Bonchev–Trinajstić information content (AvgIpc) is 1.35. The molecule has 0 aromatic carbocycles. The van der Waals surface area contributed by atoms with E-state index in [4.69, 9.17) is 10.8 Å². The van der Waals surface area contributed by atoms with Crippen LogP contribution in [0.5, 0.6) is 0 Å². The first kappa shape index (κ1) is 10.2. The summed E-state index contributed by atoms with van der Waals surface area (Å²) in [5.74, 6) is 0. The molecule has 0 aliphatic rings. The summed E-state index contributed by atoms with van der Waals surface area (Å²) in [5.41, 5.74) is 4.72. The van der Waals surface area contributed by atoms with Crippen LogP contribution in [0.4, 0.5) is 4.39 Å². The van der Waals surface area contributed by atoms with E-state index in [9.17, 15) is 4.39 Å². The van der Waals surface area contributed by atoms with Crippen LogP contribution in [0.2, 0.25) is 0 Å². The Hall–Kier alpha value is 0.140. The van der Waals surface area contributed by atoms with Crippen LogP contribution in [-0.2, 0) is 0 Å². The number of aliphatic hydroxyl groups is 1. The van der Waals surface area contributed by atoms with Gasteiger partial charge in [0.05, 0.1) is 6.67 Å². The molecule has 0 amide bonds. The average molecular weight is 130 g/mol. The standard InChI is InChI=1S/C3H8FNO.ClH/c4-2-1-3(5)6;/h3,6H,1-2,5H2;1H. The summed E-state index contributed by atoms with van der Waals surface area (Å²) in [6.07, 6.45) is -0.935. The highest BCUT2D eigenvalue weighted by Crippen LogP contribution is 1.80. The predicted molar refractivity (Wildman–Crippen MR) is 28.0 cm³/mol. The number of rotatable bonds is 2. The second kappa shape index (κ2) is 6.14. The summed E-state index contributed by atoms with van der Waals surface area (Å²) in [5, 5.41) is 8.09. The highest BCUT2D eigenvalue weighted by atomic mass is 35.5. The molecule has 0 aliphatic heterocycles. The quantitative estimate of drug-likeness (QED) is 0.518. The van der Waals surface area contributed by atoms with Gasteiger partial charge in [-0.2, -0.15) is 0 Å². The van der Waals surface area contributed by atoms with E-state index in [2.05, 4.69) is 0 Å². The van der Waals surface area contributed by atoms with Gasteiger partial charge in [-0.3, -0.25) is 4.39 Å². The van der Waals surface area contributed by atoms with Crippen molar-refractivity contribution < 1.29 is 9.50 Å². The van der Waals surface area contributed by atoms with Gasteiger partial charge >= 0.3 is 0 Å². The first-order chi connectivity index (χ1) is 2.77. The van der Waals surface area contributed by atoms with Crippen molar-refractivity contribution in [3.63, 3.8) is 0 Å². The fraction of sp³-hybridized carbons (Fsp3) is 1.00. The van der Waals surface area contributed by atoms with Crippen molar-refractivity contribution in [3.05, 3.63) is 0 Å². The van der Waals surface area contributed by atoms with Gasteiger partial charge < -0.3 is 10.8 Å². The van der Waals surface area contributed by atoms with Crippen molar-refractivity contribution in [3.8, 4) is 0 Å². The van der Waals surface area contributed by atoms with Gasteiger partial charge in [0.2, 0.25) is 0 Å². The highest BCUT2D eigenvalue weighted by molar-refractivity contribution is 5.85. The third-order valence-electron chi connectivity index (χ3n) is 0.405. The van der Waals surface area contributed by atoms with E-state index in [0.29, 0.717) is 0 Å². The van der Waals surface area contributed by atoms with E-state index < -0.39 is 12.9 Å². The highest BCUT2D eigenvalue weighted by Gasteiger charge is 1.89. The molecule has 46 valence electrons. The van der Waals surface area contributed by atoms with Crippen molar-refractivity contribution in [2.45, 2.75) is 12.6 Å². The molecule has 0 saturated heterocycles. The molecule has 0 aromatic heterocycles. The van der Waals surface area contributed by atoms with E-state index in [0.717, 1.165) is 0 Å². The van der Waals surface area contributed by atoms with Gasteiger partial charge in [0, 0.05) is 6.42 Å². The largest absolute Gasteiger partial charge is 0.379 e. The van der Waals surface area contributed by atoms with Crippen LogP contribution in [0, 0.1) is 0 Å². The lowest BCUT2D eigenvalue weighted by Gasteiger charge is -1.94. The molecule has 0 saturated carbocycles. The Bertz CT molecular complexity index is 36.1. The smallest absolute Gasteiger partial charge is 0.104 e. The molecule has 2 nitrogen and oxygen atoms in total. The minimum atomic E-state index is -0.977. The van der Waals surface area contributed by atoms with Gasteiger partial charge in [0.1, 0.15) is 6.23 Å². The van der Waals surface area contributed by atoms with E-state index in [1.807, 2.05) is 0 Å². The first-order valence-electron chi connectivity index (χ1n) is 1.77. The fourth-order valence-corrected chi connectivity index (χ4v) is 0.112. The first-order valence-corrected chi connectivity index (χ1v) is 1.77. The van der Waals surface area contributed by atoms with Crippen LogP contribution in [0.1, 0.15) is 6.42 Å². The molecule has 7 heavy (non-hydrogen) atoms. The van der Waals surface area contributed by atoms with Crippen LogP contribution in [-0.4, -0.2) is 18.0 Å². The van der Waals surface area contributed by atoms with Gasteiger partial charge in [-0.15, -0.1) is 12.4 Å². The third-order valence-corrected chi connectivity index (χ3v) is 0.405. The second-order valence-electron chi connectivity index (χ2n) is 1.05. The topological polar surface area (TPSA) is 46.2 Å². The Labute approximate surface area is 47.9 Å². The zero-order chi connectivity index (χ0) is 4.99. The molecule has 1 unspecified atom stereocenters. The SMILES string of the molecule is Cl.NC(O)CCF. The van der Waals surface area contributed by atoms with Crippen molar-refractivity contribution in [2.75, 3.05) is 6.67 Å². The summed E-state index contributed by atoms with van der Waals surface area (Å²) in [4.78, 5) is 0. The molecular formula is C3H9ClFNO. The number of hydrogen-bond donors (Lipinski definition) is 2. The van der Waals surface area contributed by atoms with Crippen molar-refractivity contribution in [1.29, 1.82) is 0 Å². The van der Waals surface area contributed by atoms with Crippen LogP contribution in [0.25, 0.3) is 0 Å². The fourth-order valence-electron chi connectivity index (χ4n) is 0.112. The molecule has 4 heteroatoms. The lowest BCUT2D eigenvalue weighted by Crippen LogP contribution is -2.18. The normalized spacial score (nSPS) is 12.4. The Morgan fingerprint density at radius 1 is 1.71 bits per heavy atom. The van der Waals surface area contributed by atoms with Crippen LogP contribution in [0.3, 0.4) is 0 Å². The lowest BCUT2D eigenvalue weighted by atomic mass is 10.4. The van der Waals surface area contributed by atoms with Gasteiger partial charge in [-0.25, -0.2) is 0 Å². The maximum Gasteiger partial charge on any atom is 0.104 e.